The maximum Gasteiger partial charge on any atom is 0.225 e. The minimum Gasteiger partial charge on any atom is -0.369 e. The Morgan fingerprint density at radius 2 is 2.00 bits per heavy atom. The van der Waals surface area contributed by atoms with Crippen LogP contribution < -0.4 is 5.73 Å². The van der Waals surface area contributed by atoms with E-state index in [4.69, 9.17) is 5.73 Å². The van der Waals surface area contributed by atoms with E-state index >= 15 is 0 Å². The predicted octanol–water partition coefficient (Wildman–Crippen LogP) is 0.473. The average Bonchev–Trinajstić information content (AvgIpc) is 3.15. The van der Waals surface area contributed by atoms with Crippen LogP contribution in [0.15, 0.2) is 24.5 Å². The van der Waals surface area contributed by atoms with Gasteiger partial charge in [0.15, 0.2) is 17.5 Å². The lowest BCUT2D eigenvalue weighted by molar-refractivity contribution is -0.117. The summed E-state index contributed by atoms with van der Waals surface area (Å²) in [4.78, 5) is 15.7. The Bertz CT molecular complexity index is 841. The van der Waals surface area contributed by atoms with Crippen LogP contribution in [-0.2, 0) is 18.3 Å². The van der Waals surface area contributed by atoms with Gasteiger partial charge in [-0.05, 0) is 19.9 Å². The molecule has 23 heavy (non-hydrogen) atoms. The van der Waals surface area contributed by atoms with E-state index in [-0.39, 0.29) is 12.5 Å². The van der Waals surface area contributed by atoms with Gasteiger partial charge in [0, 0.05) is 25.4 Å². The van der Waals surface area contributed by atoms with Gasteiger partial charge in [-0.15, -0.1) is 5.10 Å². The number of hydrogen-bond donors (Lipinski definition) is 1. The molecule has 3 aromatic rings. The van der Waals surface area contributed by atoms with Crippen LogP contribution in [0.1, 0.15) is 25.7 Å². The fourth-order valence-electron chi connectivity index (χ4n) is 2.39. The van der Waals surface area contributed by atoms with Crippen molar-refractivity contribution in [3.8, 4) is 17.3 Å². The van der Waals surface area contributed by atoms with E-state index in [1.54, 1.807) is 21.8 Å². The van der Waals surface area contributed by atoms with E-state index in [1.165, 1.54) is 0 Å². The van der Waals surface area contributed by atoms with Crippen molar-refractivity contribution in [2.45, 2.75) is 26.3 Å². The number of aromatic nitrogens is 7. The molecule has 0 saturated carbocycles. The Balaban J connectivity index is 2.18. The number of rotatable bonds is 5. The van der Waals surface area contributed by atoms with Crippen LogP contribution in [0.5, 0.6) is 0 Å². The zero-order valence-electron chi connectivity index (χ0n) is 13.2. The molecular formula is C14H18N8O. The Labute approximate surface area is 132 Å². The molecule has 3 aromatic heterocycles. The van der Waals surface area contributed by atoms with E-state index in [1.807, 2.05) is 37.7 Å². The van der Waals surface area contributed by atoms with E-state index < -0.39 is 5.91 Å². The van der Waals surface area contributed by atoms with Gasteiger partial charge in [-0.1, -0.05) is 0 Å². The highest BCUT2D eigenvalue weighted by Crippen LogP contribution is 2.23. The molecule has 0 aliphatic carbocycles. The summed E-state index contributed by atoms with van der Waals surface area (Å²) in [7, 11) is 1.81. The summed E-state index contributed by atoms with van der Waals surface area (Å²) in [5, 5.41) is 12.9. The van der Waals surface area contributed by atoms with Gasteiger partial charge in [0.05, 0.1) is 12.6 Å². The predicted molar refractivity (Wildman–Crippen MR) is 82.6 cm³/mol. The summed E-state index contributed by atoms with van der Waals surface area (Å²) in [6.07, 6.45) is 3.37. The number of carbonyl (C=O) groups excluding carboxylic acids is 1. The second kappa shape index (κ2) is 5.67. The molecule has 0 spiro atoms. The zero-order valence-corrected chi connectivity index (χ0v) is 13.2. The van der Waals surface area contributed by atoms with Crippen LogP contribution in [-0.4, -0.2) is 40.2 Å². The molecule has 0 aromatic carbocycles. The van der Waals surface area contributed by atoms with Gasteiger partial charge in [-0.25, -0.2) is 4.98 Å². The van der Waals surface area contributed by atoms with E-state index in [9.17, 15) is 4.79 Å². The third-order valence-corrected chi connectivity index (χ3v) is 3.38. The van der Waals surface area contributed by atoms with E-state index in [0.29, 0.717) is 11.6 Å². The molecular weight excluding hydrogens is 296 g/mol. The molecule has 2 N–H and O–H groups in total. The molecule has 9 heteroatoms. The van der Waals surface area contributed by atoms with Crippen molar-refractivity contribution in [2.24, 2.45) is 12.8 Å². The second-order valence-corrected chi connectivity index (χ2v) is 5.47. The highest BCUT2D eigenvalue weighted by molar-refractivity contribution is 5.75. The molecule has 3 heterocycles. The first-order valence-corrected chi connectivity index (χ1v) is 7.24. The summed E-state index contributed by atoms with van der Waals surface area (Å²) < 4.78 is 5.19. The quantitative estimate of drug-likeness (QED) is 0.736. The van der Waals surface area contributed by atoms with Gasteiger partial charge >= 0.3 is 0 Å². The maximum atomic E-state index is 11.2. The first kappa shape index (κ1) is 14.9. The number of amides is 1. The fourth-order valence-corrected chi connectivity index (χ4v) is 2.39. The van der Waals surface area contributed by atoms with Gasteiger partial charge < -0.3 is 5.73 Å². The lowest BCUT2D eigenvalue weighted by Crippen LogP contribution is -2.15. The molecule has 0 aliphatic rings. The fraction of sp³-hybridized carbons (Fsp3) is 0.357. The topological polar surface area (TPSA) is 109 Å². The Morgan fingerprint density at radius 3 is 2.61 bits per heavy atom. The van der Waals surface area contributed by atoms with Gasteiger partial charge in [0.2, 0.25) is 5.91 Å². The number of hydrogen-bond acceptors (Lipinski definition) is 5. The number of primary amides is 1. The summed E-state index contributed by atoms with van der Waals surface area (Å²) in [5.74, 6) is 1.22. The van der Waals surface area contributed by atoms with Crippen molar-refractivity contribution in [1.82, 2.24) is 34.3 Å². The largest absolute Gasteiger partial charge is 0.369 e. The normalized spacial score (nSPS) is 11.3. The number of nitrogens with two attached hydrogens (primary N) is 1. The first-order valence-electron chi connectivity index (χ1n) is 7.24. The molecule has 0 radical (unpaired) electrons. The summed E-state index contributed by atoms with van der Waals surface area (Å²) in [6.45, 7) is 4.07. The molecule has 0 saturated heterocycles. The highest BCUT2D eigenvalue weighted by Gasteiger charge is 2.20. The number of carbonyl (C=O) groups is 1. The molecule has 0 aliphatic heterocycles. The number of aryl methyl sites for hydroxylation is 1. The standard InChI is InChI=1S/C14H18N8O/c1-9(2)21-10(4-6-17-21)14-18-12(8-11(15)23)19-22(14)13-5-7-16-20(13)3/h4-7,9H,8H2,1-3H3,(H2,15,23). The highest BCUT2D eigenvalue weighted by atomic mass is 16.1. The van der Waals surface area contributed by atoms with Crippen molar-refractivity contribution in [3.63, 3.8) is 0 Å². The van der Waals surface area contributed by atoms with Crippen molar-refractivity contribution in [2.75, 3.05) is 0 Å². The molecule has 1 amide bonds. The molecule has 0 fully saturated rings. The zero-order chi connectivity index (χ0) is 16.6. The third kappa shape index (κ3) is 2.72. The van der Waals surface area contributed by atoms with Gasteiger partial charge in [-0.3, -0.25) is 14.2 Å². The van der Waals surface area contributed by atoms with Gasteiger partial charge in [0.25, 0.3) is 0 Å². The number of nitrogens with zero attached hydrogens (tertiary/aromatic N) is 7. The monoisotopic (exact) mass is 314 g/mol. The van der Waals surface area contributed by atoms with E-state index in [0.717, 1.165) is 11.5 Å². The Morgan fingerprint density at radius 1 is 1.26 bits per heavy atom. The van der Waals surface area contributed by atoms with Crippen LogP contribution in [0.3, 0.4) is 0 Å². The average molecular weight is 314 g/mol. The Hall–Kier alpha value is -2.97. The van der Waals surface area contributed by atoms with Crippen LogP contribution in [0, 0.1) is 0 Å². The van der Waals surface area contributed by atoms with Crippen LogP contribution in [0.25, 0.3) is 17.3 Å². The first-order chi connectivity index (χ1) is 11.0. The SMILES string of the molecule is CC(C)n1nccc1-c1nc(CC(N)=O)nn1-c1ccnn1C. The molecule has 3 rings (SSSR count). The third-order valence-electron chi connectivity index (χ3n) is 3.38. The minimum absolute atomic E-state index is 0.0202. The molecule has 0 atom stereocenters. The van der Waals surface area contributed by atoms with Gasteiger partial charge in [-0.2, -0.15) is 14.9 Å². The minimum atomic E-state index is -0.476. The van der Waals surface area contributed by atoms with Crippen LogP contribution in [0.4, 0.5) is 0 Å². The lowest BCUT2D eigenvalue weighted by Gasteiger charge is -2.11. The van der Waals surface area contributed by atoms with Crippen LogP contribution in [0.2, 0.25) is 0 Å². The maximum absolute atomic E-state index is 11.2. The summed E-state index contributed by atoms with van der Waals surface area (Å²) >= 11 is 0. The van der Waals surface area contributed by atoms with Crippen LogP contribution >= 0.6 is 0 Å². The Kier molecular flexibility index (Phi) is 3.68. The van der Waals surface area contributed by atoms with Crippen molar-refractivity contribution >= 4 is 5.91 Å². The van der Waals surface area contributed by atoms with Crippen molar-refractivity contribution < 1.29 is 4.79 Å². The summed E-state index contributed by atoms with van der Waals surface area (Å²) in [5.41, 5.74) is 6.08. The molecule has 120 valence electrons. The van der Waals surface area contributed by atoms with E-state index in [2.05, 4.69) is 20.3 Å². The molecule has 9 nitrogen and oxygen atoms in total. The smallest absolute Gasteiger partial charge is 0.225 e. The molecule has 0 unspecified atom stereocenters. The summed E-state index contributed by atoms with van der Waals surface area (Å²) in [6, 6.07) is 3.85. The van der Waals surface area contributed by atoms with Crippen molar-refractivity contribution in [3.05, 3.63) is 30.4 Å². The van der Waals surface area contributed by atoms with Crippen molar-refractivity contribution in [1.29, 1.82) is 0 Å². The molecule has 0 bridgehead atoms. The lowest BCUT2D eigenvalue weighted by atomic mass is 10.3. The van der Waals surface area contributed by atoms with Gasteiger partial charge in [0.1, 0.15) is 5.69 Å². The second-order valence-electron chi connectivity index (χ2n) is 5.47.